The molecule has 2 aromatic heterocycles. The van der Waals surface area contributed by atoms with E-state index in [0.717, 1.165) is 23.5 Å². The number of carbonyl (C=O) groups is 1. The van der Waals surface area contributed by atoms with Gasteiger partial charge >= 0.3 is 0 Å². The summed E-state index contributed by atoms with van der Waals surface area (Å²) in [5.41, 5.74) is 3.09. The number of likely N-dealkylation sites (tertiary alicyclic amines) is 1. The average molecular weight is 298 g/mol. The molecule has 1 aliphatic rings. The van der Waals surface area contributed by atoms with Crippen molar-refractivity contribution in [2.45, 2.75) is 33.2 Å². The van der Waals surface area contributed by atoms with Crippen LogP contribution in [0.3, 0.4) is 0 Å². The van der Waals surface area contributed by atoms with Gasteiger partial charge in [-0.15, -0.1) is 0 Å². The number of carbonyl (C=O) groups excluding carboxylic acids is 1. The molecule has 116 valence electrons. The number of nitrogens with zero attached hydrogens (tertiary/aromatic N) is 4. The fourth-order valence-corrected chi connectivity index (χ4v) is 3.41. The summed E-state index contributed by atoms with van der Waals surface area (Å²) < 4.78 is 1.79. The summed E-state index contributed by atoms with van der Waals surface area (Å²) in [6, 6.07) is 6.05. The number of pyridine rings is 1. The van der Waals surface area contributed by atoms with Gasteiger partial charge in [-0.1, -0.05) is 19.9 Å². The van der Waals surface area contributed by atoms with Gasteiger partial charge in [0, 0.05) is 37.1 Å². The van der Waals surface area contributed by atoms with Crippen LogP contribution >= 0.6 is 0 Å². The molecule has 1 amide bonds. The second-order valence-corrected chi connectivity index (χ2v) is 6.78. The minimum atomic E-state index is 0.0844. The van der Waals surface area contributed by atoms with Crippen LogP contribution in [0.4, 0.5) is 0 Å². The molecule has 3 heterocycles. The first kappa shape index (κ1) is 14.8. The van der Waals surface area contributed by atoms with Crippen molar-refractivity contribution in [1.82, 2.24) is 19.7 Å². The molecular weight excluding hydrogens is 276 g/mol. The standard InChI is InChI=1S/C17H22N4O/c1-12-8-14(20(4)19-12)9-15(22)21-11-17(2,3)16(21)13-6-5-7-18-10-13/h5-8,10,16H,9,11H2,1-4H3. The Morgan fingerprint density at radius 3 is 2.77 bits per heavy atom. The summed E-state index contributed by atoms with van der Waals surface area (Å²) in [4.78, 5) is 18.8. The number of aryl methyl sites for hydroxylation is 2. The molecule has 1 aliphatic heterocycles. The molecule has 1 fully saturated rings. The third-order valence-corrected chi connectivity index (χ3v) is 4.38. The largest absolute Gasteiger partial charge is 0.334 e. The van der Waals surface area contributed by atoms with E-state index < -0.39 is 0 Å². The van der Waals surface area contributed by atoms with Crippen LogP contribution in [0.2, 0.25) is 0 Å². The Morgan fingerprint density at radius 2 is 2.23 bits per heavy atom. The molecule has 0 saturated carbocycles. The van der Waals surface area contributed by atoms with E-state index >= 15 is 0 Å². The van der Waals surface area contributed by atoms with Crippen LogP contribution in [-0.2, 0) is 18.3 Å². The van der Waals surface area contributed by atoms with Gasteiger partial charge < -0.3 is 4.90 Å². The normalized spacial score (nSPS) is 19.8. The molecule has 0 aliphatic carbocycles. The molecule has 3 rings (SSSR count). The first-order valence-electron chi connectivity index (χ1n) is 7.57. The van der Waals surface area contributed by atoms with Crippen molar-refractivity contribution < 1.29 is 4.79 Å². The Hall–Kier alpha value is -2.17. The first-order valence-corrected chi connectivity index (χ1v) is 7.57. The van der Waals surface area contributed by atoms with Crippen molar-refractivity contribution in [3.63, 3.8) is 0 Å². The van der Waals surface area contributed by atoms with Crippen LogP contribution in [0, 0.1) is 12.3 Å². The zero-order valence-corrected chi connectivity index (χ0v) is 13.6. The topological polar surface area (TPSA) is 51.0 Å². The van der Waals surface area contributed by atoms with Crippen LogP contribution in [0.15, 0.2) is 30.6 Å². The minimum Gasteiger partial charge on any atom is -0.334 e. The van der Waals surface area contributed by atoms with Crippen LogP contribution in [0.1, 0.15) is 36.8 Å². The fourth-order valence-electron chi connectivity index (χ4n) is 3.41. The lowest BCUT2D eigenvalue weighted by Gasteiger charge is -2.54. The zero-order chi connectivity index (χ0) is 15.9. The summed E-state index contributed by atoms with van der Waals surface area (Å²) in [5.74, 6) is 0.149. The lowest BCUT2D eigenvalue weighted by Crippen LogP contribution is -2.58. The van der Waals surface area contributed by atoms with E-state index in [1.165, 1.54) is 0 Å². The minimum absolute atomic E-state index is 0.0844. The highest BCUT2D eigenvalue weighted by atomic mass is 16.2. The van der Waals surface area contributed by atoms with Crippen molar-refractivity contribution in [3.8, 4) is 0 Å². The maximum Gasteiger partial charge on any atom is 0.229 e. The molecule has 0 aromatic carbocycles. The van der Waals surface area contributed by atoms with Crippen molar-refractivity contribution in [2.24, 2.45) is 12.5 Å². The van der Waals surface area contributed by atoms with Crippen molar-refractivity contribution in [3.05, 3.63) is 47.5 Å². The van der Waals surface area contributed by atoms with Crippen molar-refractivity contribution in [1.29, 1.82) is 0 Å². The van der Waals surface area contributed by atoms with E-state index in [0.29, 0.717) is 6.42 Å². The highest BCUT2D eigenvalue weighted by molar-refractivity contribution is 5.80. The van der Waals surface area contributed by atoms with Gasteiger partial charge in [-0.3, -0.25) is 14.5 Å². The van der Waals surface area contributed by atoms with Crippen LogP contribution < -0.4 is 0 Å². The summed E-state index contributed by atoms with van der Waals surface area (Å²) in [5, 5.41) is 4.31. The second-order valence-electron chi connectivity index (χ2n) is 6.78. The van der Waals surface area contributed by atoms with E-state index in [9.17, 15) is 4.79 Å². The van der Waals surface area contributed by atoms with Crippen LogP contribution in [0.25, 0.3) is 0 Å². The fraction of sp³-hybridized carbons (Fsp3) is 0.471. The highest BCUT2D eigenvalue weighted by Crippen LogP contribution is 2.48. The third-order valence-electron chi connectivity index (χ3n) is 4.38. The van der Waals surface area contributed by atoms with Crippen molar-refractivity contribution >= 4 is 5.91 Å². The lowest BCUT2D eigenvalue weighted by molar-refractivity contribution is -0.151. The number of rotatable bonds is 3. The number of amides is 1. The Balaban J connectivity index is 1.79. The summed E-state index contributed by atoms with van der Waals surface area (Å²) in [6.45, 7) is 7.12. The Labute approximate surface area is 131 Å². The first-order chi connectivity index (χ1) is 10.4. The van der Waals surface area contributed by atoms with E-state index in [1.54, 1.807) is 10.9 Å². The van der Waals surface area contributed by atoms with E-state index in [-0.39, 0.29) is 17.4 Å². The predicted molar refractivity (Wildman–Crippen MR) is 84.1 cm³/mol. The highest BCUT2D eigenvalue weighted by Gasteiger charge is 2.48. The smallest absolute Gasteiger partial charge is 0.229 e. The molecule has 2 aromatic rings. The van der Waals surface area contributed by atoms with E-state index in [2.05, 4.69) is 23.9 Å². The van der Waals surface area contributed by atoms with Crippen LogP contribution in [0.5, 0.6) is 0 Å². The summed E-state index contributed by atoms with van der Waals surface area (Å²) in [6.07, 6.45) is 4.02. The zero-order valence-electron chi connectivity index (χ0n) is 13.6. The van der Waals surface area contributed by atoms with Gasteiger partial charge in [-0.25, -0.2) is 0 Å². The molecule has 0 N–H and O–H groups in total. The number of hydrogen-bond donors (Lipinski definition) is 0. The molecule has 1 unspecified atom stereocenters. The van der Waals surface area contributed by atoms with Gasteiger partial charge in [0.05, 0.1) is 18.2 Å². The average Bonchev–Trinajstić information content (AvgIpc) is 2.75. The van der Waals surface area contributed by atoms with E-state index in [4.69, 9.17) is 0 Å². The Kier molecular flexibility index (Phi) is 3.51. The molecule has 0 bridgehead atoms. The van der Waals surface area contributed by atoms with Gasteiger partial charge in [0.15, 0.2) is 0 Å². The van der Waals surface area contributed by atoms with Gasteiger partial charge in [0.1, 0.15) is 0 Å². The molecule has 5 nitrogen and oxygen atoms in total. The summed E-state index contributed by atoms with van der Waals surface area (Å²) >= 11 is 0. The molecule has 22 heavy (non-hydrogen) atoms. The maximum absolute atomic E-state index is 12.7. The quantitative estimate of drug-likeness (QED) is 0.873. The monoisotopic (exact) mass is 298 g/mol. The van der Waals surface area contributed by atoms with Gasteiger partial charge in [0.25, 0.3) is 0 Å². The molecule has 1 saturated heterocycles. The number of hydrogen-bond acceptors (Lipinski definition) is 3. The van der Waals surface area contributed by atoms with Gasteiger partial charge in [-0.05, 0) is 24.6 Å². The Morgan fingerprint density at radius 1 is 1.45 bits per heavy atom. The molecule has 0 spiro atoms. The van der Waals surface area contributed by atoms with Crippen molar-refractivity contribution in [2.75, 3.05) is 6.54 Å². The van der Waals surface area contributed by atoms with Gasteiger partial charge in [0.2, 0.25) is 5.91 Å². The molecule has 0 radical (unpaired) electrons. The third kappa shape index (κ3) is 2.51. The molecule has 5 heteroatoms. The SMILES string of the molecule is Cc1cc(CC(=O)N2CC(C)(C)C2c2cccnc2)n(C)n1. The van der Waals surface area contributed by atoms with Gasteiger partial charge in [-0.2, -0.15) is 5.10 Å². The second kappa shape index (κ2) is 5.23. The summed E-state index contributed by atoms with van der Waals surface area (Å²) in [7, 11) is 1.88. The Bertz CT molecular complexity index is 690. The predicted octanol–water partition coefficient (Wildman–Crippen LogP) is 2.28. The lowest BCUT2D eigenvalue weighted by atomic mass is 9.72. The maximum atomic E-state index is 12.7. The molecular formula is C17H22N4O. The molecule has 1 atom stereocenters. The van der Waals surface area contributed by atoms with Crippen LogP contribution in [-0.4, -0.2) is 32.1 Å². The van der Waals surface area contributed by atoms with E-state index in [1.807, 2.05) is 43.3 Å². The number of aromatic nitrogens is 3.